The summed E-state index contributed by atoms with van der Waals surface area (Å²) in [6.45, 7) is 5.33. The van der Waals surface area contributed by atoms with Gasteiger partial charge in [-0.05, 0) is 25.2 Å². The summed E-state index contributed by atoms with van der Waals surface area (Å²) in [6, 6.07) is 4.31. The van der Waals surface area contributed by atoms with E-state index in [0.717, 1.165) is 43.6 Å². The summed E-state index contributed by atoms with van der Waals surface area (Å²) in [7, 11) is 1.88. The van der Waals surface area contributed by atoms with Crippen LogP contribution in [0.1, 0.15) is 11.3 Å². The van der Waals surface area contributed by atoms with Crippen molar-refractivity contribution in [3.63, 3.8) is 0 Å². The zero-order chi connectivity index (χ0) is 18.0. The molecule has 0 bridgehead atoms. The number of aryl methyl sites for hydroxylation is 1. The Labute approximate surface area is 151 Å². The Morgan fingerprint density at radius 1 is 1.24 bits per heavy atom. The first kappa shape index (κ1) is 17.8. The van der Waals surface area contributed by atoms with Gasteiger partial charge in [-0.2, -0.15) is 5.10 Å². The van der Waals surface area contributed by atoms with Gasteiger partial charge in [-0.3, -0.25) is 9.58 Å². The molecule has 1 saturated heterocycles. The van der Waals surface area contributed by atoms with Gasteiger partial charge in [0.2, 0.25) is 0 Å². The Morgan fingerprint density at radius 2 is 1.96 bits per heavy atom. The van der Waals surface area contributed by atoms with Crippen molar-refractivity contribution in [3.8, 4) is 0 Å². The summed E-state index contributed by atoms with van der Waals surface area (Å²) < 4.78 is 28.9. The van der Waals surface area contributed by atoms with E-state index in [1.807, 2.05) is 14.0 Å². The zero-order valence-electron chi connectivity index (χ0n) is 14.3. The van der Waals surface area contributed by atoms with Crippen molar-refractivity contribution in [3.05, 3.63) is 47.3 Å². The minimum atomic E-state index is -0.798. The first-order chi connectivity index (χ1) is 12.0. The lowest BCUT2D eigenvalue weighted by Crippen LogP contribution is -2.49. The minimum absolute atomic E-state index is 0.389. The number of rotatable bonds is 3. The van der Waals surface area contributed by atoms with Gasteiger partial charge in [0, 0.05) is 45.3 Å². The summed E-state index contributed by atoms with van der Waals surface area (Å²) in [5.41, 5.74) is 2.31. The van der Waals surface area contributed by atoms with Crippen LogP contribution < -0.4 is 5.32 Å². The van der Waals surface area contributed by atoms with E-state index < -0.39 is 11.6 Å². The van der Waals surface area contributed by atoms with Crippen molar-refractivity contribution < 1.29 is 8.78 Å². The maximum atomic E-state index is 13.8. The Hall–Kier alpha value is -2.06. The monoisotopic (exact) mass is 365 g/mol. The molecule has 1 aromatic carbocycles. The molecule has 1 fully saturated rings. The van der Waals surface area contributed by atoms with Crippen LogP contribution in [0.5, 0.6) is 0 Å². The van der Waals surface area contributed by atoms with Gasteiger partial charge in [-0.25, -0.2) is 8.78 Å². The van der Waals surface area contributed by atoms with Crippen LogP contribution in [0.25, 0.3) is 0 Å². The quantitative estimate of drug-likeness (QED) is 0.846. The number of hydrogen-bond donors (Lipinski definition) is 1. The van der Waals surface area contributed by atoms with Crippen LogP contribution in [-0.2, 0) is 13.6 Å². The fourth-order valence-corrected chi connectivity index (χ4v) is 3.13. The second-order valence-corrected chi connectivity index (χ2v) is 6.56. The van der Waals surface area contributed by atoms with Crippen molar-refractivity contribution in [2.45, 2.75) is 13.5 Å². The van der Waals surface area contributed by atoms with Gasteiger partial charge in [-0.1, -0.05) is 12.1 Å². The Kier molecular flexibility index (Phi) is 5.29. The number of thiocarbonyl (C=S) groups is 1. The smallest absolute Gasteiger partial charge is 0.173 e. The largest absolute Gasteiger partial charge is 0.346 e. The Balaban J connectivity index is 1.54. The van der Waals surface area contributed by atoms with Crippen LogP contribution in [0.15, 0.2) is 24.4 Å². The SMILES string of the molecule is Cc1c(NC(=S)N2CCN(Cc3cccc(F)c3F)CC2)cnn1C. The number of nitrogens with one attached hydrogen (secondary N) is 1. The standard InChI is InChI=1S/C17H21F2N5S/c1-12-15(10-20-22(12)2)21-17(25)24-8-6-23(7-9-24)11-13-4-3-5-14(18)16(13)19/h3-5,10H,6-9,11H2,1-2H3,(H,21,25). The summed E-state index contributed by atoms with van der Waals surface area (Å²) in [4.78, 5) is 4.19. The third-order valence-corrected chi connectivity index (χ3v) is 4.92. The van der Waals surface area contributed by atoms with E-state index in [-0.39, 0.29) is 0 Å². The van der Waals surface area contributed by atoms with Gasteiger partial charge in [0.25, 0.3) is 0 Å². The molecule has 0 saturated carbocycles. The fraction of sp³-hybridized carbons (Fsp3) is 0.412. The molecule has 3 rings (SSSR count). The lowest BCUT2D eigenvalue weighted by atomic mass is 10.2. The number of halogens is 2. The molecule has 1 N–H and O–H groups in total. The Morgan fingerprint density at radius 3 is 2.60 bits per heavy atom. The lowest BCUT2D eigenvalue weighted by molar-refractivity contribution is 0.175. The second kappa shape index (κ2) is 7.45. The molecule has 2 aromatic rings. The molecule has 0 radical (unpaired) electrons. The third-order valence-electron chi connectivity index (χ3n) is 4.56. The van der Waals surface area contributed by atoms with E-state index in [1.165, 1.54) is 0 Å². The van der Waals surface area contributed by atoms with Gasteiger partial charge in [0.1, 0.15) is 0 Å². The van der Waals surface area contributed by atoms with E-state index in [4.69, 9.17) is 12.2 Å². The van der Waals surface area contributed by atoms with Crippen molar-refractivity contribution in [2.75, 3.05) is 31.5 Å². The number of anilines is 1. The second-order valence-electron chi connectivity index (χ2n) is 6.17. The Bertz CT molecular complexity index is 768. The summed E-state index contributed by atoms with van der Waals surface area (Å²) in [5, 5.41) is 8.08. The molecule has 1 aliphatic heterocycles. The molecule has 134 valence electrons. The first-order valence-electron chi connectivity index (χ1n) is 8.15. The molecule has 5 nitrogen and oxygen atoms in total. The van der Waals surface area contributed by atoms with E-state index in [0.29, 0.717) is 17.2 Å². The van der Waals surface area contributed by atoms with Crippen LogP contribution in [0.2, 0.25) is 0 Å². The zero-order valence-corrected chi connectivity index (χ0v) is 15.1. The minimum Gasteiger partial charge on any atom is -0.346 e. The molecular weight excluding hydrogens is 344 g/mol. The van der Waals surface area contributed by atoms with Crippen LogP contribution in [0.3, 0.4) is 0 Å². The van der Waals surface area contributed by atoms with Gasteiger partial charge >= 0.3 is 0 Å². The van der Waals surface area contributed by atoms with E-state index in [1.54, 1.807) is 23.0 Å². The summed E-state index contributed by atoms with van der Waals surface area (Å²) >= 11 is 5.48. The molecule has 0 unspecified atom stereocenters. The summed E-state index contributed by atoms with van der Waals surface area (Å²) in [5.74, 6) is -1.55. The van der Waals surface area contributed by atoms with E-state index >= 15 is 0 Å². The number of hydrogen-bond acceptors (Lipinski definition) is 3. The van der Waals surface area contributed by atoms with Crippen LogP contribution in [0, 0.1) is 18.6 Å². The predicted molar refractivity (Wildman–Crippen MR) is 97.4 cm³/mol. The summed E-state index contributed by atoms with van der Waals surface area (Å²) in [6.07, 6.45) is 1.75. The van der Waals surface area contributed by atoms with Crippen molar-refractivity contribution >= 4 is 23.0 Å². The molecule has 0 amide bonds. The van der Waals surface area contributed by atoms with Gasteiger partial charge < -0.3 is 10.2 Å². The molecule has 1 aliphatic rings. The topological polar surface area (TPSA) is 36.3 Å². The van der Waals surface area contributed by atoms with Crippen LogP contribution in [-0.4, -0.2) is 50.9 Å². The molecule has 1 aromatic heterocycles. The molecule has 0 spiro atoms. The molecular formula is C17H21F2N5S. The predicted octanol–water partition coefficient (Wildman–Crippen LogP) is 2.52. The lowest BCUT2D eigenvalue weighted by Gasteiger charge is -2.36. The molecule has 0 aliphatic carbocycles. The molecule has 25 heavy (non-hydrogen) atoms. The van der Waals surface area contributed by atoms with Crippen LogP contribution >= 0.6 is 12.2 Å². The van der Waals surface area contributed by atoms with E-state index in [9.17, 15) is 8.78 Å². The number of piperazine rings is 1. The maximum Gasteiger partial charge on any atom is 0.173 e. The fourth-order valence-electron chi connectivity index (χ4n) is 2.84. The molecule has 0 atom stereocenters. The number of benzene rings is 1. The van der Waals surface area contributed by atoms with E-state index in [2.05, 4.69) is 20.2 Å². The third kappa shape index (κ3) is 3.96. The highest BCUT2D eigenvalue weighted by molar-refractivity contribution is 7.80. The normalized spacial score (nSPS) is 15.4. The highest BCUT2D eigenvalue weighted by Gasteiger charge is 2.21. The van der Waals surface area contributed by atoms with Crippen molar-refractivity contribution in [1.29, 1.82) is 0 Å². The van der Waals surface area contributed by atoms with Gasteiger partial charge in [-0.15, -0.1) is 0 Å². The van der Waals surface area contributed by atoms with Crippen molar-refractivity contribution in [2.24, 2.45) is 7.05 Å². The number of aromatic nitrogens is 2. The average molecular weight is 365 g/mol. The number of nitrogens with zero attached hydrogens (tertiary/aromatic N) is 4. The molecule has 2 heterocycles. The average Bonchev–Trinajstić information content (AvgIpc) is 2.91. The highest BCUT2D eigenvalue weighted by atomic mass is 32.1. The van der Waals surface area contributed by atoms with Crippen LogP contribution in [0.4, 0.5) is 14.5 Å². The van der Waals surface area contributed by atoms with Crippen molar-refractivity contribution in [1.82, 2.24) is 19.6 Å². The van der Waals surface area contributed by atoms with Gasteiger partial charge in [0.15, 0.2) is 16.7 Å². The highest BCUT2D eigenvalue weighted by Crippen LogP contribution is 2.16. The maximum absolute atomic E-state index is 13.8. The first-order valence-corrected chi connectivity index (χ1v) is 8.56. The molecule has 8 heteroatoms. The van der Waals surface area contributed by atoms with Gasteiger partial charge in [0.05, 0.1) is 17.6 Å².